The van der Waals surface area contributed by atoms with Gasteiger partial charge in [0.25, 0.3) is 0 Å². The largest absolute Gasteiger partial charge is 0.493 e. The molecule has 0 fully saturated rings. The Morgan fingerprint density at radius 2 is 2.07 bits per heavy atom. The Bertz CT molecular complexity index is 494. The number of nitrogens with one attached hydrogen (secondary N) is 1. The average molecular weight is 202 g/mol. The molecule has 78 valence electrons. The summed E-state index contributed by atoms with van der Waals surface area (Å²) in [6.07, 6.45) is 0. The first kappa shape index (κ1) is 9.77. The molecule has 2 aromatic rings. The molecule has 0 saturated carbocycles. The van der Waals surface area contributed by atoms with E-state index in [-0.39, 0.29) is 0 Å². The second kappa shape index (κ2) is 3.77. The van der Waals surface area contributed by atoms with Crippen molar-refractivity contribution in [3.63, 3.8) is 0 Å². The second-order valence-electron chi connectivity index (χ2n) is 3.49. The molecule has 0 spiro atoms. The van der Waals surface area contributed by atoms with Crippen LogP contribution in [0.15, 0.2) is 24.3 Å². The lowest BCUT2D eigenvalue weighted by atomic mass is 10.1. The molecule has 0 unspecified atom stereocenters. The Balaban J connectivity index is 2.69. The van der Waals surface area contributed by atoms with Crippen molar-refractivity contribution in [3.05, 3.63) is 29.8 Å². The van der Waals surface area contributed by atoms with Crippen LogP contribution < -0.4 is 10.1 Å². The van der Waals surface area contributed by atoms with E-state index in [1.807, 2.05) is 19.2 Å². The summed E-state index contributed by atoms with van der Waals surface area (Å²) < 4.78 is 5.26. The predicted molar refractivity (Wildman–Crippen MR) is 62.6 cm³/mol. The molecular weight excluding hydrogens is 188 g/mol. The maximum absolute atomic E-state index is 5.26. The number of aryl methyl sites for hydroxylation is 1. The van der Waals surface area contributed by atoms with Crippen LogP contribution in [0.25, 0.3) is 10.9 Å². The molecule has 15 heavy (non-hydrogen) atoms. The van der Waals surface area contributed by atoms with Gasteiger partial charge in [0.15, 0.2) is 11.6 Å². The zero-order valence-corrected chi connectivity index (χ0v) is 9.16. The van der Waals surface area contributed by atoms with Crippen LogP contribution in [0, 0.1) is 6.92 Å². The van der Waals surface area contributed by atoms with Crippen molar-refractivity contribution in [2.45, 2.75) is 6.92 Å². The molecular formula is C12H14N2O. The number of fused-ring (bicyclic) bond motifs is 1. The smallest absolute Gasteiger partial charge is 0.169 e. The van der Waals surface area contributed by atoms with Gasteiger partial charge in [-0.15, -0.1) is 0 Å². The highest BCUT2D eigenvalue weighted by atomic mass is 16.5. The summed E-state index contributed by atoms with van der Waals surface area (Å²) in [5, 5.41) is 4.12. The van der Waals surface area contributed by atoms with Gasteiger partial charge in [0.2, 0.25) is 0 Å². The molecule has 0 aliphatic carbocycles. The number of anilines is 1. The van der Waals surface area contributed by atoms with Crippen LogP contribution in [-0.2, 0) is 0 Å². The predicted octanol–water partition coefficient (Wildman–Crippen LogP) is 2.59. The lowest BCUT2D eigenvalue weighted by Crippen LogP contribution is -1.97. The molecule has 0 radical (unpaired) electrons. The number of pyridine rings is 1. The molecule has 1 aromatic carbocycles. The fourth-order valence-corrected chi connectivity index (χ4v) is 1.61. The first-order valence-corrected chi connectivity index (χ1v) is 4.87. The molecule has 1 heterocycles. The molecule has 0 aliphatic rings. The molecule has 0 bridgehead atoms. The minimum absolute atomic E-state index is 0.772. The normalized spacial score (nSPS) is 10.3. The summed E-state index contributed by atoms with van der Waals surface area (Å²) in [6.45, 7) is 2.07. The van der Waals surface area contributed by atoms with Crippen molar-refractivity contribution >= 4 is 16.7 Å². The summed E-state index contributed by atoms with van der Waals surface area (Å²) in [5.74, 6) is 1.55. The SMILES string of the molecule is CNc1nc2ccc(C)cc2cc1OC. The van der Waals surface area contributed by atoms with E-state index in [9.17, 15) is 0 Å². The Kier molecular flexibility index (Phi) is 2.46. The zero-order valence-electron chi connectivity index (χ0n) is 9.16. The van der Waals surface area contributed by atoms with E-state index in [2.05, 4.69) is 29.4 Å². The summed E-state index contributed by atoms with van der Waals surface area (Å²) in [4.78, 5) is 4.47. The van der Waals surface area contributed by atoms with Crippen molar-refractivity contribution in [2.75, 3.05) is 19.5 Å². The Hall–Kier alpha value is -1.77. The number of nitrogens with zero attached hydrogens (tertiary/aromatic N) is 1. The van der Waals surface area contributed by atoms with Crippen LogP contribution in [0.2, 0.25) is 0 Å². The lowest BCUT2D eigenvalue weighted by Gasteiger charge is -2.08. The number of ether oxygens (including phenoxy) is 1. The Labute approximate surface area is 89.1 Å². The molecule has 0 saturated heterocycles. The first-order chi connectivity index (χ1) is 7.24. The van der Waals surface area contributed by atoms with Gasteiger partial charge in [0.1, 0.15) is 0 Å². The molecule has 0 amide bonds. The molecule has 1 N–H and O–H groups in total. The van der Waals surface area contributed by atoms with Crippen LogP contribution in [0.4, 0.5) is 5.82 Å². The summed E-state index contributed by atoms with van der Waals surface area (Å²) in [5.41, 5.74) is 2.20. The third-order valence-corrected chi connectivity index (χ3v) is 2.39. The summed E-state index contributed by atoms with van der Waals surface area (Å²) >= 11 is 0. The van der Waals surface area contributed by atoms with Crippen molar-refractivity contribution in [1.29, 1.82) is 0 Å². The Morgan fingerprint density at radius 3 is 2.73 bits per heavy atom. The standard InChI is InChI=1S/C12H14N2O/c1-8-4-5-10-9(6-8)7-11(15-3)12(13-2)14-10/h4-7H,1-3H3,(H,13,14). The lowest BCUT2D eigenvalue weighted by molar-refractivity contribution is 0.416. The van der Waals surface area contributed by atoms with Gasteiger partial charge >= 0.3 is 0 Å². The summed E-state index contributed by atoms with van der Waals surface area (Å²) in [6, 6.07) is 8.18. The minimum atomic E-state index is 0.772. The molecule has 2 rings (SSSR count). The average Bonchev–Trinajstić information content (AvgIpc) is 2.27. The number of methoxy groups -OCH3 is 1. The quantitative estimate of drug-likeness (QED) is 0.812. The monoisotopic (exact) mass is 202 g/mol. The van der Waals surface area contributed by atoms with Gasteiger partial charge in [-0.25, -0.2) is 4.98 Å². The number of hydrogen-bond acceptors (Lipinski definition) is 3. The molecule has 3 heteroatoms. The number of hydrogen-bond donors (Lipinski definition) is 1. The fourth-order valence-electron chi connectivity index (χ4n) is 1.61. The van der Waals surface area contributed by atoms with Gasteiger partial charge in [-0.3, -0.25) is 0 Å². The molecule has 0 aliphatic heterocycles. The van der Waals surface area contributed by atoms with E-state index in [0.717, 1.165) is 22.5 Å². The minimum Gasteiger partial charge on any atom is -0.493 e. The van der Waals surface area contributed by atoms with E-state index >= 15 is 0 Å². The van der Waals surface area contributed by atoms with Crippen LogP contribution in [0.1, 0.15) is 5.56 Å². The van der Waals surface area contributed by atoms with Crippen LogP contribution in [0.5, 0.6) is 5.75 Å². The molecule has 0 atom stereocenters. The van der Waals surface area contributed by atoms with E-state index in [4.69, 9.17) is 4.74 Å². The van der Waals surface area contributed by atoms with E-state index in [1.54, 1.807) is 7.11 Å². The van der Waals surface area contributed by atoms with E-state index in [1.165, 1.54) is 5.56 Å². The molecule has 3 nitrogen and oxygen atoms in total. The maximum atomic E-state index is 5.26. The first-order valence-electron chi connectivity index (χ1n) is 4.87. The Morgan fingerprint density at radius 1 is 1.27 bits per heavy atom. The fraction of sp³-hybridized carbons (Fsp3) is 0.250. The highest BCUT2D eigenvalue weighted by Crippen LogP contribution is 2.26. The number of rotatable bonds is 2. The maximum Gasteiger partial charge on any atom is 0.169 e. The third-order valence-electron chi connectivity index (χ3n) is 2.39. The summed E-state index contributed by atoms with van der Waals surface area (Å²) in [7, 11) is 3.49. The topological polar surface area (TPSA) is 34.2 Å². The van der Waals surface area contributed by atoms with E-state index in [0.29, 0.717) is 0 Å². The van der Waals surface area contributed by atoms with Crippen LogP contribution >= 0.6 is 0 Å². The van der Waals surface area contributed by atoms with Gasteiger partial charge in [-0.05, 0) is 25.1 Å². The number of benzene rings is 1. The number of aromatic nitrogens is 1. The van der Waals surface area contributed by atoms with Gasteiger partial charge in [-0.1, -0.05) is 11.6 Å². The highest BCUT2D eigenvalue weighted by Gasteiger charge is 2.05. The van der Waals surface area contributed by atoms with Crippen molar-refractivity contribution in [1.82, 2.24) is 4.98 Å². The molecule has 1 aromatic heterocycles. The van der Waals surface area contributed by atoms with Crippen LogP contribution in [0.3, 0.4) is 0 Å². The zero-order chi connectivity index (χ0) is 10.8. The van der Waals surface area contributed by atoms with Gasteiger partial charge in [0.05, 0.1) is 12.6 Å². The highest BCUT2D eigenvalue weighted by molar-refractivity contribution is 5.83. The van der Waals surface area contributed by atoms with Crippen LogP contribution in [-0.4, -0.2) is 19.1 Å². The van der Waals surface area contributed by atoms with Gasteiger partial charge in [-0.2, -0.15) is 0 Å². The van der Waals surface area contributed by atoms with E-state index < -0.39 is 0 Å². The van der Waals surface area contributed by atoms with Crippen molar-refractivity contribution in [2.24, 2.45) is 0 Å². The van der Waals surface area contributed by atoms with Crippen molar-refractivity contribution in [3.8, 4) is 5.75 Å². The van der Waals surface area contributed by atoms with Crippen molar-refractivity contribution < 1.29 is 4.74 Å². The van der Waals surface area contributed by atoms with Gasteiger partial charge < -0.3 is 10.1 Å². The third kappa shape index (κ3) is 1.73. The van der Waals surface area contributed by atoms with Gasteiger partial charge in [0, 0.05) is 12.4 Å². The second-order valence-corrected chi connectivity index (χ2v) is 3.49.